The van der Waals surface area contributed by atoms with Crippen LogP contribution in [-0.4, -0.2) is 49.0 Å². The fourth-order valence-corrected chi connectivity index (χ4v) is 6.88. The van der Waals surface area contributed by atoms with Crippen LogP contribution in [0, 0.1) is 13.8 Å². The summed E-state index contributed by atoms with van der Waals surface area (Å²) in [5.41, 5.74) is 1.16. The highest BCUT2D eigenvalue weighted by atomic mass is 35.5. The number of aromatic hydroxyl groups is 1. The number of sulfonamides is 1. The highest BCUT2D eigenvalue weighted by molar-refractivity contribution is 7.93. The van der Waals surface area contributed by atoms with Gasteiger partial charge in [-0.1, -0.05) is 35.9 Å². The maximum atomic E-state index is 14.2. The lowest BCUT2D eigenvalue weighted by atomic mass is 10.0. The van der Waals surface area contributed by atoms with Crippen LogP contribution in [0.3, 0.4) is 0 Å². The van der Waals surface area contributed by atoms with Gasteiger partial charge < -0.3 is 20.5 Å². The van der Waals surface area contributed by atoms with Crippen molar-refractivity contribution in [1.82, 2.24) is 5.32 Å². The molecule has 0 aliphatic carbocycles. The lowest BCUT2D eigenvalue weighted by molar-refractivity contribution is -0.158. The standard InChI is InChI=1S/C31H34ClN3O7S/c1-18-15-27(19(2)14-22(18)32)43(40,41)35-25-9-7-6-8-23(25)34-29(38)26(35)17-28(37)33-24(30(39)42-31(3,4)5)16-20-10-12-21(36)13-11-20/h6-15,24,26,36H,16-17H2,1-5H3,(H,33,37)(H,34,38)/t24-,26+/m0/s1. The number of carbonyl (C=O) groups excluding carboxylic acids is 3. The zero-order valence-electron chi connectivity index (χ0n) is 24.5. The normalized spacial score (nSPS) is 15.7. The predicted molar refractivity (Wildman–Crippen MR) is 164 cm³/mol. The van der Waals surface area contributed by atoms with E-state index in [2.05, 4.69) is 10.6 Å². The van der Waals surface area contributed by atoms with Crippen molar-refractivity contribution in [3.8, 4) is 5.75 Å². The molecular weight excluding hydrogens is 594 g/mol. The molecule has 0 radical (unpaired) electrons. The topological polar surface area (TPSA) is 142 Å². The molecule has 43 heavy (non-hydrogen) atoms. The Hall–Kier alpha value is -4.09. The van der Waals surface area contributed by atoms with Gasteiger partial charge in [0.15, 0.2) is 0 Å². The largest absolute Gasteiger partial charge is 0.508 e. The Labute approximate surface area is 256 Å². The lowest BCUT2D eigenvalue weighted by Crippen LogP contribution is -2.54. The van der Waals surface area contributed by atoms with E-state index >= 15 is 0 Å². The first-order valence-corrected chi connectivity index (χ1v) is 15.4. The monoisotopic (exact) mass is 627 g/mol. The second kappa shape index (κ2) is 12.3. The van der Waals surface area contributed by atoms with Crippen LogP contribution in [0.1, 0.15) is 43.9 Å². The van der Waals surface area contributed by atoms with E-state index in [9.17, 15) is 27.9 Å². The molecular formula is C31H34ClN3O7S. The quantitative estimate of drug-likeness (QED) is 0.309. The molecule has 3 aromatic rings. The third kappa shape index (κ3) is 7.29. The Morgan fingerprint density at radius 1 is 1.07 bits per heavy atom. The summed E-state index contributed by atoms with van der Waals surface area (Å²) in [6.07, 6.45) is -0.550. The zero-order chi connectivity index (χ0) is 31.7. The van der Waals surface area contributed by atoms with Gasteiger partial charge in [-0.25, -0.2) is 13.2 Å². The van der Waals surface area contributed by atoms with Crippen LogP contribution in [0.4, 0.5) is 11.4 Å². The number of anilines is 2. The first-order valence-electron chi connectivity index (χ1n) is 13.6. The highest BCUT2D eigenvalue weighted by Gasteiger charge is 2.43. The fraction of sp³-hybridized carbons (Fsp3) is 0.323. The Morgan fingerprint density at radius 3 is 2.37 bits per heavy atom. The molecule has 3 N–H and O–H groups in total. The maximum Gasteiger partial charge on any atom is 0.329 e. The number of nitrogens with zero attached hydrogens (tertiary/aromatic N) is 1. The number of benzene rings is 3. The van der Waals surface area contributed by atoms with Crippen LogP contribution in [0.15, 0.2) is 65.6 Å². The van der Waals surface area contributed by atoms with Crippen LogP contribution < -0.4 is 14.9 Å². The molecule has 4 rings (SSSR count). The number of phenols is 1. The number of hydrogen-bond acceptors (Lipinski definition) is 7. The SMILES string of the molecule is Cc1cc(S(=O)(=O)N2c3ccccc3NC(=O)[C@H]2CC(=O)N[C@@H](Cc2ccc(O)cc2)C(=O)OC(C)(C)C)c(C)cc1Cl. The molecule has 10 nitrogen and oxygen atoms in total. The zero-order valence-corrected chi connectivity index (χ0v) is 26.0. The Balaban J connectivity index is 1.69. The Morgan fingerprint density at radius 2 is 1.72 bits per heavy atom. The van der Waals surface area contributed by atoms with Crippen LogP contribution in [0.2, 0.25) is 5.02 Å². The molecule has 12 heteroatoms. The molecule has 2 atom stereocenters. The molecule has 3 aromatic carbocycles. The van der Waals surface area contributed by atoms with Crippen molar-refractivity contribution in [3.05, 3.63) is 82.4 Å². The fourth-order valence-electron chi connectivity index (χ4n) is 4.74. The van der Waals surface area contributed by atoms with Gasteiger partial charge in [0.1, 0.15) is 23.4 Å². The molecule has 1 heterocycles. The van der Waals surface area contributed by atoms with Crippen molar-refractivity contribution >= 4 is 50.8 Å². The third-order valence-electron chi connectivity index (χ3n) is 6.76. The molecule has 1 aliphatic heterocycles. The number of ether oxygens (including phenoxy) is 1. The van der Waals surface area contributed by atoms with Gasteiger partial charge in [0.05, 0.1) is 22.7 Å². The second-order valence-electron chi connectivity index (χ2n) is 11.4. The minimum atomic E-state index is -4.38. The summed E-state index contributed by atoms with van der Waals surface area (Å²) in [5, 5.41) is 15.4. The van der Waals surface area contributed by atoms with Crippen LogP contribution in [0.5, 0.6) is 5.75 Å². The minimum absolute atomic E-state index is 0.0336. The summed E-state index contributed by atoms with van der Waals surface area (Å²) in [4.78, 5) is 39.9. The number of hydrogen-bond donors (Lipinski definition) is 3. The van der Waals surface area contributed by atoms with Crippen molar-refractivity contribution in [2.45, 2.75) is 70.0 Å². The van der Waals surface area contributed by atoms with E-state index in [1.807, 2.05) is 0 Å². The van der Waals surface area contributed by atoms with Gasteiger partial charge in [-0.05, 0) is 87.7 Å². The second-order valence-corrected chi connectivity index (χ2v) is 13.6. The molecule has 2 amide bonds. The van der Waals surface area contributed by atoms with Gasteiger partial charge in [-0.15, -0.1) is 0 Å². The van der Waals surface area contributed by atoms with E-state index in [1.165, 1.54) is 24.3 Å². The Bertz CT molecular complexity index is 1670. The van der Waals surface area contributed by atoms with Crippen molar-refractivity contribution in [1.29, 1.82) is 0 Å². The molecule has 0 spiro atoms. The summed E-state index contributed by atoms with van der Waals surface area (Å²) >= 11 is 6.23. The van der Waals surface area contributed by atoms with Crippen molar-refractivity contribution in [2.75, 3.05) is 9.62 Å². The number of rotatable bonds is 8. The maximum absolute atomic E-state index is 14.2. The summed E-state index contributed by atoms with van der Waals surface area (Å²) in [5.74, 6) is -2.10. The van der Waals surface area contributed by atoms with Crippen molar-refractivity contribution in [2.24, 2.45) is 0 Å². The number of halogens is 1. The van der Waals surface area contributed by atoms with Gasteiger partial charge in [0.25, 0.3) is 10.0 Å². The number of phenolic OH excluding ortho intramolecular Hbond substituents is 1. The number of carbonyl (C=O) groups is 3. The molecule has 0 bridgehead atoms. The minimum Gasteiger partial charge on any atom is -0.508 e. The summed E-state index contributed by atoms with van der Waals surface area (Å²) in [6.45, 7) is 8.35. The molecule has 0 aromatic heterocycles. The summed E-state index contributed by atoms with van der Waals surface area (Å²) in [6, 6.07) is 12.9. The Kier molecular flexibility index (Phi) is 9.08. The van der Waals surface area contributed by atoms with Crippen LogP contribution >= 0.6 is 11.6 Å². The number of para-hydroxylation sites is 2. The highest BCUT2D eigenvalue weighted by Crippen LogP contribution is 2.38. The van der Waals surface area contributed by atoms with Gasteiger partial charge in [-0.3, -0.25) is 13.9 Å². The molecule has 0 saturated heterocycles. The molecule has 0 unspecified atom stereocenters. The van der Waals surface area contributed by atoms with Gasteiger partial charge in [0.2, 0.25) is 11.8 Å². The van der Waals surface area contributed by atoms with Gasteiger partial charge in [0, 0.05) is 11.4 Å². The van der Waals surface area contributed by atoms with E-state index in [0.29, 0.717) is 21.7 Å². The number of nitrogens with one attached hydrogen (secondary N) is 2. The molecule has 0 saturated carbocycles. The van der Waals surface area contributed by atoms with Crippen molar-refractivity contribution in [3.63, 3.8) is 0 Å². The summed E-state index contributed by atoms with van der Waals surface area (Å²) < 4.78 is 34.9. The average Bonchev–Trinajstić information content (AvgIpc) is 2.90. The first kappa shape index (κ1) is 31.8. The van der Waals surface area contributed by atoms with Crippen LogP contribution in [0.25, 0.3) is 0 Å². The van der Waals surface area contributed by atoms with E-state index in [1.54, 1.807) is 71.0 Å². The number of amides is 2. The van der Waals surface area contributed by atoms with Crippen molar-refractivity contribution < 1.29 is 32.6 Å². The van der Waals surface area contributed by atoms with E-state index in [0.717, 1.165) is 4.31 Å². The number of esters is 1. The summed E-state index contributed by atoms with van der Waals surface area (Å²) in [7, 11) is -4.38. The van der Waals surface area contributed by atoms with E-state index in [-0.39, 0.29) is 28.4 Å². The third-order valence-corrected chi connectivity index (χ3v) is 9.13. The predicted octanol–water partition coefficient (Wildman–Crippen LogP) is 4.64. The first-order chi connectivity index (χ1) is 20.1. The lowest BCUT2D eigenvalue weighted by Gasteiger charge is -2.37. The molecule has 1 aliphatic rings. The molecule has 0 fully saturated rings. The van der Waals surface area contributed by atoms with Gasteiger partial charge in [-0.2, -0.15) is 0 Å². The van der Waals surface area contributed by atoms with E-state index < -0.39 is 51.9 Å². The molecule has 228 valence electrons. The average molecular weight is 628 g/mol. The van der Waals surface area contributed by atoms with E-state index in [4.69, 9.17) is 16.3 Å². The number of fused-ring (bicyclic) bond motifs is 1. The van der Waals surface area contributed by atoms with Gasteiger partial charge >= 0.3 is 5.97 Å². The van der Waals surface area contributed by atoms with Crippen LogP contribution in [-0.2, 0) is 35.6 Å². The smallest absolute Gasteiger partial charge is 0.329 e. The number of aryl methyl sites for hydroxylation is 2.